The molecule has 1 saturated heterocycles. The number of nitrogens with one attached hydrogen (secondary N) is 2. The van der Waals surface area contributed by atoms with Crippen molar-refractivity contribution < 1.29 is 17.6 Å². The minimum absolute atomic E-state index is 0.0563. The van der Waals surface area contributed by atoms with Gasteiger partial charge in [0.05, 0.1) is 22.8 Å². The molecule has 224 valence electrons. The van der Waals surface area contributed by atoms with Crippen molar-refractivity contribution in [1.29, 1.82) is 0 Å². The van der Waals surface area contributed by atoms with Crippen LogP contribution in [0.4, 0.5) is 10.3 Å². The van der Waals surface area contributed by atoms with E-state index in [1.165, 1.54) is 16.4 Å². The Labute approximate surface area is 267 Å². The normalized spacial score (nSPS) is 15.4. The van der Waals surface area contributed by atoms with Crippen LogP contribution in [0.1, 0.15) is 24.1 Å². The zero-order valence-electron chi connectivity index (χ0n) is 22.7. The topological polar surface area (TPSA) is 104 Å². The Bertz CT molecular complexity index is 1730. The minimum Gasteiger partial charge on any atom is -0.354 e. The third kappa shape index (κ3) is 7.71. The van der Waals surface area contributed by atoms with E-state index in [2.05, 4.69) is 36.5 Å². The van der Waals surface area contributed by atoms with E-state index in [1.807, 2.05) is 30.3 Å². The highest BCUT2D eigenvalue weighted by molar-refractivity contribution is 9.10. The fourth-order valence-electron chi connectivity index (χ4n) is 4.80. The van der Waals surface area contributed by atoms with E-state index in [0.29, 0.717) is 53.2 Å². The molecule has 0 radical (unpaired) electrons. The van der Waals surface area contributed by atoms with Crippen LogP contribution in [0.5, 0.6) is 0 Å². The van der Waals surface area contributed by atoms with Gasteiger partial charge in [-0.05, 0) is 79.4 Å². The second kappa shape index (κ2) is 13.7. The Balaban J connectivity index is 1.31. The minimum atomic E-state index is -3.97. The highest BCUT2D eigenvalue weighted by atomic mass is 79.9. The maximum Gasteiger partial charge on any atom is 0.243 e. The maximum atomic E-state index is 13.4. The van der Waals surface area contributed by atoms with Gasteiger partial charge in [-0.1, -0.05) is 57.3 Å². The zero-order valence-corrected chi connectivity index (χ0v) is 26.6. The first-order valence-corrected chi connectivity index (χ1v) is 16.5. The van der Waals surface area contributed by atoms with Gasteiger partial charge in [-0.15, -0.1) is 0 Å². The van der Waals surface area contributed by atoms with E-state index >= 15 is 0 Å². The lowest BCUT2D eigenvalue weighted by Gasteiger charge is -2.23. The molecule has 1 unspecified atom stereocenters. The van der Waals surface area contributed by atoms with E-state index in [9.17, 15) is 17.6 Å². The van der Waals surface area contributed by atoms with Gasteiger partial charge < -0.3 is 10.6 Å². The first-order valence-electron chi connectivity index (χ1n) is 13.5. The van der Waals surface area contributed by atoms with E-state index < -0.39 is 27.8 Å². The van der Waals surface area contributed by atoms with E-state index in [1.54, 1.807) is 18.2 Å². The van der Waals surface area contributed by atoms with Crippen molar-refractivity contribution in [2.24, 2.45) is 0 Å². The maximum absolute atomic E-state index is 13.4. The lowest BCUT2D eigenvalue weighted by Crippen LogP contribution is -2.45. The average Bonchev–Trinajstić information content (AvgIpc) is 3.49. The Morgan fingerprint density at radius 3 is 2.49 bits per heavy atom. The molecular formula is C30H27BrCl2FN5O3S. The molecule has 1 aliphatic heterocycles. The average molecular weight is 707 g/mol. The van der Waals surface area contributed by atoms with Gasteiger partial charge in [0.25, 0.3) is 0 Å². The molecule has 13 heteroatoms. The van der Waals surface area contributed by atoms with Crippen LogP contribution in [0.2, 0.25) is 10.0 Å². The van der Waals surface area contributed by atoms with Gasteiger partial charge >= 0.3 is 0 Å². The monoisotopic (exact) mass is 705 g/mol. The van der Waals surface area contributed by atoms with Crippen molar-refractivity contribution in [3.05, 3.63) is 104 Å². The molecule has 43 heavy (non-hydrogen) atoms. The number of carbonyl (C=O) groups excluding carboxylic acids is 1. The predicted molar refractivity (Wildman–Crippen MR) is 169 cm³/mol. The van der Waals surface area contributed by atoms with Crippen molar-refractivity contribution in [3.63, 3.8) is 0 Å². The van der Waals surface area contributed by atoms with Crippen LogP contribution in [0, 0.1) is 5.82 Å². The molecule has 2 heterocycles. The van der Waals surface area contributed by atoms with Gasteiger partial charge in [0.1, 0.15) is 11.9 Å². The largest absolute Gasteiger partial charge is 0.354 e. The Morgan fingerprint density at radius 1 is 1.02 bits per heavy atom. The molecule has 0 aliphatic carbocycles. The standard InChI is InChI=1S/C30H27BrCl2FN5O3S/c31-21-6-3-20(4-7-21)27-17-24(37-30(38-27)35-14-13-19-5-8-22(32)16-26(19)33)18-36-29(40)28-2-1-15-39(28)43(41,42)25-11-9-23(34)10-12-25/h3-12,16-17,28H,1-2,13-15,18H2,(H,36,40)(H,35,37,38). The highest BCUT2D eigenvalue weighted by Gasteiger charge is 2.39. The second-order valence-electron chi connectivity index (χ2n) is 9.93. The molecule has 0 saturated carbocycles. The molecule has 2 N–H and O–H groups in total. The number of hydrogen-bond acceptors (Lipinski definition) is 6. The third-order valence-electron chi connectivity index (χ3n) is 6.98. The number of benzene rings is 3. The molecule has 5 rings (SSSR count). The molecular weight excluding hydrogens is 680 g/mol. The van der Waals surface area contributed by atoms with Crippen LogP contribution in [-0.2, 0) is 27.8 Å². The van der Waals surface area contributed by atoms with Crippen molar-refractivity contribution in [2.75, 3.05) is 18.4 Å². The molecule has 1 aromatic heterocycles. The van der Waals surface area contributed by atoms with Crippen LogP contribution in [0.15, 0.2) is 82.2 Å². The molecule has 8 nitrogen and oxygen atoms in total. The summed E-state index contributed by atoms with van der Waals surface area (Å²) in [5.74, 6) is -0.598. The number of amides is 1. The fourth-order valence-corrected chi connectivity index (χ4v) is 7.22. The van der Waals surface area contributed by atoms with Gasteiger partial charge in [0.15, 0.2) is 0 Å². The second-order valence-corrected chi connectivity index (χ2v) is 13.6. The van der Waals surface area contributed by atoms with Gasteiger partial charge in [0, 0.05) is 33.2 Å². The number of rotatable bonds is 10. The van der Waals surface area contributed by atoms with Crippen molar-refractivity contribution in [2.45, 2.75) is 36.7 Å². The summed E-state index contributed by atoms with van der Waals surface area (Å²) in [5.41, 5.74) is 2.97. The lowest BCUT2D eigenvalue weighted by molar-refractivity contribution is -0.124. The molecule has 0 spiro atoms. The zero-order chi connectivity index (χ0) is 30.6. The Morgan fingerprint density at radius 2 is 1.77 bits per heavy atom. The number of sulfonamides is 1. The van der Waals surface area contributed by atoms with Crippen molar-refractivity contribution in [1.82, 2.24) is 19.6 Å². The van der Waals surface area contributed by atoms with Crippen molar-refractivity contribution in [3.8, 4) is 11.3 Å². The highest BCUT2D eigenvalue weighted by Crippen LogP contribution is 2.27. The summed E-state index contributed by atoms with van der Waals surface area (Å²) in [6, 6.07) is 18.5. The summed E-state index contributed by atoms with van der Waals surface area (Å²) in [5, 5.41) is 7.23. The van der Waals surface area contributed by atoms with Gasteiger partial charge in [-0.3, -0.25) is 4.79 Å². The summed E-state index contributed by atoms with van der Waals surface area (Å²) in [7, 11) is -3.97. The predicted octanol–water partition coefficient (Wildman–Crippen LogP) is 6.48. The van der Waals surface area contributed by atoms with E-state index in [4.69, 9.17) is 23.2 Å². The fraction of sp³-hybridized carbons (Fsp3) is 0.233. The molecule has 4 aromatic rings. The van der Waals surface area contributed by atoms with Crippen LogP contribution >= 0.6 is 39.1 Å². The summed E-state index contributed by atoms with van der Waals surface area (Å²) in [6.07, 6.45) is 1.51. The summed E-state index contributed by atoms with van der Waals surface area (Å²) in [6.45, 7) is 0.753. The van der Waals surface area contributed by atoms with Crippen LogP contribution in [0.3, 0.4) is 0 Å². The summed E-state index contributed by atoms with van der Waals surface area (Å²) in [4.78, 5) is 22.5. The third-order valence-corrected chi connectivity index (χ3v) is 10.0. The van der Waals surface area contributed by atoms with Gasteiger partial charge in [-0.2, -0.15) is 4.31 Å². The smallest absolute Gasteiger partial charge is 0.243 e. The van der Waals surface area contributed by atoms with Crippen molar-refractivity contribution >= 4 is 61.0 Å². The van der Waals surface area contributed by atoms with E-state index in [0.717, 1.165) is 27.7 Å². The number of carbonyl (C=O) groups is 1. The first-order chi connectivity index (χ1) is 20.6. The SMILES string of the molecule is O=C(NCc1cc(-c2ccc(Br)cc2)nc(NCCc2ccc(Cl)cc2Cl)n1)C1CCCN1S(=O)(=O)c1ccc(F)cc1. The number of aromatic nitrogens is 2. The molecule has 3 aromatic carbocycles. The first kappa shape index (κ1) is 31.3. The molecule has 1 fully saturated rings. The Hall–Kier alpha value is -3.09. The number of halogens is 4. The molecule has 1 amide bonds. The van der Waals surface area contributed by atoms with Gasteiger partial charge in [0.2, 0.25) is 21.9 Å². The van der Waals surface area contributed by atoms with E-state index in [-0.39, 0.29) is 18.0 Å². The molecule has 0 bridgehead atoms. The van der Waals surface area contributed by atoms with Gasteiger partial charge in [-0.25, -0.2) is 22.8 Å². The van der Waals surface area contributed by atoms with Crippen LogP contribution < -0.4 is 10.6 Å². The quantitative estimate of drug-likeness (QED) is 0.196. The summed E-state index contributed by atoms with van der Waals surface area (Å²) < 4.78 is 41.9. The number of nitrogens with zero attached hydrogens (tertiary/aromatic N) is 3. The summed E-state index contributed by atoms with van der Waals surface area (Å²) >= 11 is 15.8. The molecule has 1 aliphatic rings. The number of anilines is 1. The molecule has 1 atom stereocenters. The number of hydrogen-bond donors (Lipinski definition) is 2. The Kier molecular flexibility index (Phi) is 9.98. The van der Waals surface area contributed by atoms with Crippen LogP contribution in [0.25, 0.3) is 11.3 Å². The lowest BCUT2D eigenvalue weighted by atomic mass is 10.1. The van der Waals surface area contributed by atoms with Crippen LogP contribution in [-0.4, -0.2) is 47.7 Å².